The maximum absolute atomic E-state index is 12.5. The average molecular weight is 412 g/mol. The fourth-order valence-corrected chi connectivity index (χ4v) is 4.06. The fraction of sp³-hybridized carbons (Fsp3) is 0.524. The number of aromatic nitrogens is 3. The Balaban J connectivity index is 1.25. The predicted molar refractivity (Wildman–Crippen MR) is 112 cm³/mol. The predicted octanol–water partition coefficient (Wildman–Crippen LogP) is 0.236. The van der Waals surface area contributed by atoms with E-state index in [1.54, 1.807) is 9.47 Å². The average Bonchev–Trinajstić information content (AvgIpc) is 2.94. The Hall–Kier alpha value is -3.10. The van der Waals surface area contributed by atoms with E-state index in [0.717, 1.165) is 50.3 Å². The fourth-order valence-electron chi connectivity index (χ4n) is 4.06. The van der Waals surface area contributed by atoms with Crippen LogP contribution in [-0.4, -0.2) is 63.8 Å². The van der Waals surface area contributed by atoms with Gasteiger partial charge in [-0.25, -0.2) is 9.48 Å². The molecule has 3 heterocycles. The molecule has 9 heteroatoms. The van der Waals surface area contributed by atoms with E-state index in [1.165, 1.54) is 4.68 Å². The summed E-state index contributed by atoms with van der Waals surface area (Å²) in [6, 6.07) is 10.1. The number of rotatable bonds is 5. The largest absolute Gasteiger partial charge is 0.368 e. The summed E-state index contributed by atoms with van der Waals surface area (Å²) >= 11 is 0. The van der Waals surface area contributed by atoms with E-state index in [-0.39, 0.29) is 30.6 Å². The topological polar surface area (TPSA) is 92.5 Å². The Morgan fingerprint density at radius 1 is 0.967 bits per heavy atom. The summed E-state index contributed by atoms with van der Waals surface area (Å²) in [6.07, 6.45) is 3.81. The van der Waals surface area contributed by atoms with Crippen molar-refractivity contribution in [3.63, 3.8) is 0 Å². The SMILES string of the molecule is O=C(Cn1nc2n(c1=O)CCCCC2)NCC(=O)N1CCN(c2ccccc2)CC1. The molecule has 2 aliphatic heterocycles. The third-order valence-electron chi connectivity index (χ3n) is 5.77. The van der Waals surface area contributed by atoms with Crippen molar-refractivity contribution in [1.29, 1.82) is 0 Å². The van der Waals surface area contributed by atoms with E-state index in [2.05, 4.69) is 27.4 Å². The molecular formula is C21H28N6O3. The summed E-state index contributed by atoms with van der Waals surface area (Å²) in [6.45, 7) is 3.20. The van der Waals surface area contributed by atoms with E-state index in [0.29, 0.717) is 19.6 Å². The van der Waals surface area contributed by atoms with Gasteiger partial charge in [0.2, 0.25) is 11.8 Å². The van der Waals surface area contributed by atoms with Gasteiger partial charge in [0, 0.05) is 44.8 Å². The Morgan fingerprint density at radius 3 is 2.50 bits per heavy atom. The smallest absolute Gasteiger partial charge is 0.346 e. The lowest BCUT2D eigenvalue weighted by Crippen LogP contribution is -2.51. The van der Waals surface area contributed by atoms with Crippen LogP contribution in [-0.2, 0) is 29.1 Å². The number of aryl methyl sites for hydroxylation is 1. The van der Waals surface area contributed by atoms with Crippen LogP contribution in [0.1, 0.15) is 25.1 Å². The maximum Gasteiger partial charge on any atom is 0.346 e. The maximum atomic E-state index is 12.5. The van der Waals surface area contributed by atoms with Gasteiger partial charge in [0.25, 0.3) is 0 Å². The van der Waals surface area contributed by atoms with E-state index < -0.39 is 0 Å². The number of fused-ring (bicyclic) bond motifs is 1. The van der Waals surface area contributed by atoms with Crippen LogP contribution in [0.5, 0.6) is 0 Å². The molecule has 0 unspecified atom stereocenters. The number of piperazine rings is 1. The lowest BCUT2D eigenvalue weighted by Gasteiger charge is -2.36. The number of anilines is 1. The van der Waals surface area contributed by atoms with Crippen molar-refractivity contribution in [2.45, 2.75) is 38.8 Å². The third kappa shape index (κ3) is 4.55. The van der Waals surface area contributed by atoms with Gasteiger partial charge >= 0.3 is 5.69 Å². The molecule has 1 N–H and O–H groups in total. The minimum Gasteiger partial charge on any atom is -0.368 e. The molecule has 0 spiro atoms. The summed E-state index contributed by atoms with van der Waals surface area (Å²) in [5, 5.41) is 6.95. The van der Waals surface area contributed by atoms with Crippen LogP contribution in [0, 0.1) is 0 Å². The quantitative estimate of drug-likeness (QED) is 0.759. The van der Waals surface area contributed by atoms with Crippen molar-refractivity contribution in [3.8, 4) is 0 Å². The first-order valence-electron chi connectivity index (χ1n) is 10.6. The molecule has 2 aromatic rings. The van der Waals surface area contributed by atoms with Gasteiger partial charge in [0.15, 0.2) is 0 Å². The van der Waals surface area contributed by atoms with Crippen LogP contribution >= 0.6 is 0 Å². The second-order valence-electron chi connectivity index (χ2n) is 7.80. The number of carbonyl (C=O) groups excluding carboxylic acids is 2. The van der Waals surface area contributed by atoms with Gasteiger partial charge in [-0.3, -0.25) is 14.2 Å². The molecule has 0 aliphatic carbocycles. The summed E-state index contributed by atoms with van der Waals surface area (Å²) in [5.41, 5.74) is 0.909. The molecule has 0 radical (unpaired) electrons. The van der Waals surface area contributed by atoms with Gasteiger partial charge in [-0.15, -0.1) is 0 Å². The molecule has 0 bridgehead atoms. The number of para-hydroxylation sites is 1. The molecule has 9 nitrogen and oxygen atoms in total. The highest BCUT2D eigenvalue weighted by Crippen LogP contribution is 2.15. The number of hydrogen-bond acceptors (Lipinski definition) is 5. The van der Waals surface area contributed by atoms with Crippen LogP contribution in [0.25, 0.3) is 0 Å². The molecule has 2 amide bonds. The molecule has 4 rings (SSSR count). The second-order valence-corrected chi connectivity index (χ2v) is 7.80. The second kappa shape index (κ2) is 9.15. The number of nitrogens with one attached hydrogen (secondary N) is 1. The summed E-state index contributed by atoms with van der Waals surface area (Å²) < 4.78 is 2.87. The highest BCUT2D eigenvalue weighted by Gasteiger charge is 2.22. The Kier molecular flexibility index (Phi) is 6.15. The molecular weight excluding hydrogens is 384 g/mol. The first-order valence-corrected chi connectivity index (χ1v) is 10.6. The lowest BCUT2D eigenvalue weighted by atomic mass is 10.2. The molecule has 1 aromatic carbocycles. The molecule has 0 saturated carbocycles. The first kappa shape index (κ1) is 20.2. The molecule has 1 aromatic heterocycles. The molecule has 160 valence electrons. The van der Waals surface area contributed by atoms with E-state index in [1.807, 2.05) is 18.2 Å². The first-order chi connectivity index (χ1) is 14.6. The molecule has 30 heavy (non-hydrogen) atoms. The van der Waals surface area contributed by atoms with Crippen LogP contribution in [0.2, 0.25) is 0 Å². The zero-order chi connectivity index (χ0) is 20.9. The zero-order valence-corrected chi connectivity index (χ0v) is 17.1. The minimum absolute atomic E-state index is 0.0630. The van der Waals surface area contributed by atoms with Gasteiger partial charge in [0.1, 0.15) is 12.4 Å². The van der Waals surface area contributed by atoms with E-state index in [9.17, 15) is 14.4 Å². The number of amides is 2. The van der Waals surface area contributed by atoms with Gasteiger partial charge in [0.05, 0.1) is 6.54 Å². The summed E-state index contributed by atoms with van der Waals surface area (Å²) in [4.78, 5) is 41.2. The van der Waals surface area contributed by atoms with E-state index >= 15 is 0 Å². The van der Waals surface area contributed by atoms with Gasteiger partial charge < -0.3 is 15.1 Å². The molecule has 2 aliphatic rings. The number of carbonyl (C=O) groups is 2. The van der Waals surface area contributed by atoms with Crippen molar-refractivity contribution in [3.05, 3.63) is 46.6 Å². The zero-order valence-electron chi connectivity index (χ0n) is 17.1. The highest BCUT2D eigenvalue weighted by molar-refractivity contribution is 5.84. The van der Waals surface area contributed by atoms with Crippen LogP contribution in [0.3, 0.4) is 0 Å². The summed E-state index contributed by atoms with van der Waals surface area (Å²) in [5.74, 6) is 0.267. The van der Waals surface area contributed by atoms with Gasteiger partial charge in [-0.2, -0.15) is 5.10 Å². The Morgan fingerprint density at radius 2 is 1.73 bits per heavy atom. The van der Waals surface area contributed by atoms with Gasteiger partial charge in [-0.05, 0) is 25.0 Å². The molecule has 1 fully saturated rings. The van der Waals surface area contributed by atoms with Crippen molar-refractivity contribution in [2.24, 2.45) is 0 Å². The van der Waals surface area contributed by atoms with Gasteiger partial charge in [-0.1, -0.05) is 24.6 Å². The molecule has 0 atom stereocenters. The van der Waals surface area contributed by atoms with Crippen molar-refractivity contribution in [1.82, 2.24) is 24.6 Å². The van der Waals surface area contributed by atoms with Crippen molar-refractivity contribution >= 4 is 17.5 Å². The standard InChI is InChI=1S/C21H28N6O3/c28-19(16-27-21(30)26-10-6-2-5-9-18(26)23-27)22-15-20(29)25-13-11-24(12-14-25)17-7-3-1-4-8-17/h1,3-4,7-8H,2,5-6,9-16H2,(H,22,28). The van der Waals surface area contributed by atoms with Crippen molar-refractivity contribution in [2.75, 3.05) is 37.6 Å². The summed E-state index contributed by atoms with van der Waals surface area (Å²) in [7, 11) is 0. The number of nitrogens with zero attached hydrogens (tertiary/aromatic N) is 5. The molecule has 1 saturated heterocycles. The highest BCUT2D eigenvalue weighted by atomic mass is 16.2. The van der Waals surface area contributed by atoms with Crippen LogP contribution < -0.4 is 15.9 Å². The Labute approximate surface area is 175 Å². The van der Waals surface area contributed by atoms with E-state index in [4.69, 9.17) is 0 Å². The Bertz CT molecular complexity index is 943. The monoisotopic (exact) mass is 412 g/mol. The normalized spacial score (nSPS) is 16.7. The minimum atomic E-state index is -0.373. The van der Waals surface area contributed by atoms with Crippen LogP contribution in [0.4, 0.5) is 5.69 Å². The lowest BCUT2D eigenvalue weighted by molar-refractivity contribution is -0.133. The van der Waals surface area contributed by atoms with Crippen molar-refractivity contribution < 1.29 is 9.59 Å². The third-order valence-corrected chi connectivity index (χ3v) is 5.77. The number of benzene rings is 1. The van der Waals surface area contributed by atoms with Crippen LogP contribution in [0.15, 0.2) is 35.1 Å². The number of hydrogen-bond donors (Lipinski definition) is 1.